The molecule has 0 radical (unpaired) electrons. The Bertz CT molecular complexity index is 780. The van der Waals surface area contributed by atoms with Crippen molar-refractivity contribution in [1.82, 2.24) is 15.5 Å². The minimum atomic E-state index is -2.89. The summed E-state index contributed by atoms with van der Waals surface area (Å²) in [7, 11) is -1.17. The van der Waals surface area contributed by atoms with E-state index in [0.29, 0.717) is 12.4 Å². The van der Waals surface area contributed by atoms with E-state index in [-0.39, 0.29) is 47.1 Å². The Morgan fingerprint density at radius 1 is 1.30 bits per heavy atom. The minimum Gasteiger partial charge on any atom is -0.355 e. The van der Waals surface area contributed by atoms with Gasteiger partial charge in [0.2, 0.25) is 0 Å². The van der Waals surface area contributed by atoms with Crippen LogP contribution in [0.15, 0.2) is 29.3 Å². The summed E-state index contributed by atoms with van der Waals surface area (Å²) in [5.41, 5.74) is 2.82. The standard InChI is InChI=1S/C19H30N4O2S.HI/c1-19(2,23-10-8-15-6-4-5-7-16(15)12-23)14-21-18(20-3)22-17-9-11-26(24,25)13-17;/h4-7,17H,8-14H2,1-3H3,(H2,20,21,22);1H. The van der Waals surface area contributed by atoms with Crippen molar-refractivity contribution in [3.05, 3.63) is 35.4 Å². The van der Waals surface area contributed by atoms with E-state index in [1.54, 1.807) is 7.05 Å². The average Bonchev–Trinajstić information content (AvgIpc) is 2.96. The van der Waals surface area contributed by atoms with Crippen LogP contribution in [-0.2, 0) is 22.8 Å². The predicted octanol–water partition coefficient (Wildman–Crippen LogP) is 1.79. The molecule has 1 aromatic rings. The van der Waals surface area contributed by atoms with Gasteiger partial charge in [0, 0.05) is 38.3 Å². The number of guanidine groups is 1. The highest BCUT2D eigenvalue weighted by atomic mass is 127. The summed E-state index contributed by atoms with van der Waals surface area (Å²) in [6, 6.07) is 8.61. The first-order chi connectivity index (χ1) is 12.3. The predicted molar refractivity (Wildman–Crippen MR) is 122 cm³/mol. The molecule has 0 bridgehead atoms. The Labute approximate surface area is 180 Å². The lowest BCUT2D eigenvalue weighted by atomic mass is 9.94. The minimum absolute atomic E-state index is 0. The largest absolute Gasteiger partial charge is 0.355 e. The third-order valence-corrected chi connectivity index (χ3v) is 7.24. The fourth-order valence-corrected chi connectivity index (χ4v) is 5.39. The van der Waals surface area contributed by atoms with Crippen molar-refractivity contribution in [2.45, 2.75) is 44.8 Å². The lowest BCUT2D eigenvalue weighted by Crippen LogP contribution is -2.55. The van der Waals surface area contributed by atoms with E-state index in [1.165, 1.54) is 11.1 Å². The van der Waals surface area contributed by atoms with E-state index >= 15 is 0 Å². The number of aliphatic imine (C=N–C) groups is 1. The molecular weight excluding hydrogens is 475 g/mol. The number of hydrogen-bond acceptors (Lipinski definition) is 4. The Kier molecular flexibility index (Phi) is 7.54. The third kappa shape index (κ3) is 5.80. The van der Waals surface area contributed by atoms with Crippen LogP contribution in [-0.4, -0.2) is 62.5 Å². The zero-order chi connectivity index (χ0) is 18.8. The van der Waals surface area contributed by atoms with E-state index in [2.05, 4.69) is 58.6 Å². The lowest BCUT2D eigenvalue weighted by molar-refractivity contribution is 0.107. The summed E-state index contributed by atoms with van der Waals surface area (Å²) >= 11 is 0. The molecule has 3 rings (SSSR count). The van der Waals surface area contributed by atoms with E-state index in [4.69, 9.17) is 0 Å². The second-order valence-electron chi connectivity index (χ2n) is 7.92. The maximum Gasteiger partial charge on any atom is 0.191 e. The van der Waals surface area contributed by atoms with Crippen molar-refractivity contribution in [2.75, 3.05) is 31.6 Å². The molecule has 1 fully saturated rings. The number of nitrogens with one attached hydrogen (secondary N) is 2. The van der Waals surface area contributed by atoms with Gasteiger partial charge in [0.25, 0.3) is 0 Å². The first-order valence-corrected chi connectivity index (χ1v) is 11.1. The zero-order valence-electron chi connectivity index (χ0n) is 16.4. The van der Waals surface area contributed by atoms with Crippen LogP contribution < -0.4 is 10.6 Å². The quantitative estimate of drug-likeness (QED) is 0.370. The van der Waals surface area contributed by atoms with E-state index in [1.807, 2.05) is 0 Å². The molecule has 0 saturated carbocycles. The molecule has 8 heteroatoms. The normalized spacial score (nSPS) is 22.6. The number of nitrogens with zero attached hydrogens (tertiary/aromatic N) is 2. The second-order valence-corrected chi connectivity index (χ2v) is 10.2. The summed E-state index contributed by atoms with van der Waals surface area (Å²) < 4.78 is 23.3. The van der Waals surface area contributed by atoms with Gasteiger partial charge in [-0.05, 0) is 37.8 Å². The number of benzene rings is 1. The third-order valence-electron chi connectivity index (χ3n) is 5.47. The molecule has 152 valence electrons. The molecule has 1 atom stereocenters. The van der Waals surface area contributed by atoms with Gasteiger partial charge in [0.1, 0.15) is 0 Å². The summed E-state index contributed by atoms with van der Waals surface area (Å²) in [6.45, 7) is 7.22. The molecule has 0 aliphatic carbocycles. The molecule has 1 saturated heterocycles. The Morgan fingerprint density at radius 3 is 2.63 bits per heavy atom. The lowest BCUT2D eigenvalue weighted by Gasteiger charge is -2.42. The zero-order valence-corrected chi connectivity index (χ0v) is 19.5. The van der Waals surface area contributed by atoms with Gasteiger partial charge in [-0.15, -0.1) is 24.0 Å². The average molecular weight is 506 g/mol. The molecule has 6 nitrogen and oxygen atoms in total. The fourth-order valence-electron chi connectivity index (χ4n) is 3.72. The van der Waals surface area contributed by atoms with Crippen LogP contribution in [0.2, 0.25) is 0 Å². The number of sulfone groups is 1. The molecule has 0 aromatic heterocycles. The van der Waals surface area contributed by atoms with Crippen LogP contribution in [0.5, 0.6) is 0 Å². The van der Waals surface area contributed by atoms with Crippen molar-refractivity contribution in [3.63, 3.8) is 0 Å². The van der Waals surface area contributed by atoms with Gasteiger partial charge >= 0.3 is 0 Å². The maximum absolute atomic E-state index is 11.6. The van der Waals surface area contributed by atoms with Gasteiger partial charge in [-0.1, -0.05) is 24.3 Å². The maximum atomic E-state index is 11.6. The van der Waals surface area contributed by atoms with Gasteiger partial charge in [-0.25, -0.2) is 8.42 Å². The van der Waals surface area contributed by atoms with E-state index < -0.39 is 9.84 Å². The summed E-state index contributed by atoms with van der Waals surface area (Å²) in [5.74, 6) is 1.14. The highest BCUT2D eigenvalue weighted by molar-refractivity contribution is 14.0. The fraction of sp³-hybridized carbons (Fsp3) is 0.632. The first-order valence-electron chi connectivity index (χ1n) is 9.28. The van der Waals surface area contributed by atoms with Crippen LogP contribution in [0, 0.1) is 0 Å². The molecule has 2 aliphatic rings. The topological polar surface area (TPSA) is 73.8 Å². The van der Waals surface area contributed by atoms with Crippen LogP contribution in [0.1, 0.15) is 31.4 Å². The van der Waals surface area contributed by atoms with E-state index in [9.17, 15) is 8.42 Å². The van der Waals surface area contributed by atoms with Crippen LogP contribution >= 0.6 is 24.0 Å². The van der Waals surface area contributed by atoms with Gasteiger partial charge < -0.3 is 10.6 Å². The molecular formula is C19H31IN4O2S. The smallest absolute Gasteiger partial charge is 0.191 e. The van der Waals surface area contributed by atoms with Crippen molar-refractivity contribution in [2.24, 2.45) is 4.99 Å². The Morgan fingerprint density at radius 2 is 2.00 bits per heavy atom. The SMILES string of the molecule is CN=C(NCC(C)(C)N1CCc2ccccc2C1)NC1CCS(=O)(=O)C1.I. The molecule has 27 heavy (non-hydrogen) atoms. The highest BCUT2D eigenvalue weighted by Crippen LogP contribution is 2.24. The molecule has 2 N–H and O–H groups in total. The molecule has 2 heterocycles. The summed E-state index contributed by atoms with van der Waals surface area (Å²) in [6.07, 6.45) is 1.72. The Balaban J connectivity index is 0.00000261. The molecule has 2 aliphatic heterocycles. The summed E-state index contributed by atoms with van der Waals surface area (Å²) in [4.78, 5) is 6.76. The second kappa shape index (κ2) is 9.09. The van der Waals surface area contributed by atoms with Crippen molar-refractivity contribution in [3.8, 4) is 0 Å². The van der Waals surface area contributed by atoms with Gasteiger partial charge in [0.05, 0.1) is 11.5 Å². The first kappa shape index (κ1) is 22.4. The summed E-state index contributed by atoms with van der Waals surface area (Å²) in [5, 5.41) is 6.64. The van der Waals surface area contributed by atoms with Crippen molar-refractivity contribution < 1.29 is 8.42 Å². The monoisotopic (exact) mass is 506 g/mol. The number of rotatable bonds is 4. The molecule has 1 unspecified atom stereocenters. The van der Waals surface area contributed by atoms with Crippen LogP contribution in [0.25, 0.3) is 0 Å². The van der Waals surface area contributed by atoms with Gasteiger partial charge in [-0.3, -0.25) is 9.89 Å². The molecule has 1 aromatic carbocycles. The van der Waals surface area contributed by atoms with Crippen molar-refractivity contribution in [1.29, 1.82) is 0 Å². The molecule has 0 spiro atoms. The number of fused-ring (bicyclic) bond motifs is 1. The van der Waals surface area contributed by atoms with Crippen LogP contribution in [0.3, 0.4) is 0 Å². The van der Waals surface area contributed by atoms with Gasteiger partial charge in [0.15, 0.2) is 15.8 Å². The van der Waals surface area contributed by atoms with Crippen LogP contribution in [0.4, 0.5) is 0 Å². The molecule has 0 amide bonds. The van der Waals surface area contributed by atoms with E-state index in [0.717, 1.165) is 26.1 Å². The van der Waals surface area contributed by atoms with Gasteiger partial charge in [-0.2, -0.15) is 0 Å². The highest BCUT2D eigenvalue weighted by Gasteiger charge is 2.31. The number of hydrogen-bond donors (Lipinski definition) is 2. The van der Waals surface area contributed by atoms with Crippen molar-refractivity contribution >= 4 is 39.8 Å². The Hall–Kier alpha value is -0.870. The number of halogens is 1.